The lowest BCUT2D eigenvalue weighted by atomic mass is 10.0. The van der Waals surface area contributed by atoms with Crippen molar-refractivity contribution in [3.05, 3.63) is 114 Å². The Labute approximate surface area is 220 Å². The lowest BCUT2D eigenvalue weighted by Crippen LogP contribution is -2.45. The number of hydrogen-bond acceptors (Lipinski definition) is 5. The van der Waals surface area contributed by atoms with Crippen molar-refractivity contribution in [2.45, 2.75) is 25.4 Å². The van der Waals surface area contributed by atoms with Crippen LogP contribution in [0.4, 0.5) is 10.2 Å². The maximum Gasteiger partial charge on any atom is 0.255 e. The molecule has 0 aliphatic carbocycles. The van der Waals surface area contributed by atoms with E-state index in [1.807, 2.05) is 30.3 Å². The van der Waals surface area contributed by atoms with Crippen LogP contribution in [-0.2, 0) is 6.54 Å². The van der Waals surface area contributed by atoms with Gasteiger partial charge in [-0.3, -0.25) is 14.6 Å². The lowest BCUT2D eigenvalue weighted by Gasteiger charge is -2.34. The largest absolute Gasteiger partial charge is 0.356 e. The minimum atomic E-state index is -0.330. The number of nitrogens with one attached hydrogen (secondary N) is 2. The summed E-state index contributed by atoms with van der Waals surface area (Å²) in [7, 11) is 0. The van der Waals surface area contributed by atoms with Gasteiger partial charge in [-0.15, -0.1) is 0 Å². The van der Waals surface area contributed by atoms with Crippen molar-refractivity contribution < 1.29 is 14.0 Å². The zero-order valence-electron chi connectivity index (χ0n) is 20.8. The summed E-state index contributed by atoms with van der Waals surface area (Å²) in [5.41, 5.74) is 3.28. The van der Waals surface area contributed by atoms with Crippen molar-refractivity contribution in [3.8, 4) is 11.3 Å². The number of halogens is 1. The van der Waals surface area contributed by atoms with E-state index in [-0.39, 0.29) is 23.7 Å². The first-order valence-corrected chi connectivity index (χ1v) is 12.6. The minimum absolute atomic E-state index is 0.000662. The van der Waals surface area contributed by atoms with Crippen molar-refractivity contribution >= 4 is 17.6 Å². The molecule has 0 radical (unpaired) electrons. The maximum atomic E-state index is 13.5. The Morgan fingerprint density at radius 1 is 0.895 bits per heavy atom. The summed E-state index contributed by atoms with van der Waals surface area (Å²) >= 11 is 0. The van der Waals surface area contributed by atoms with Gasteiger partial charge in [0.25, 0.3) is 11.8 Å². The predicted octanol–water partition coefficient (Wildman–Crippen LogP) is 4.61. The van der Waals surface area contributed by atoms with E-state index in [0.29, 0.717) is 47.8 Å². The summed E-state index contributed by atoms with van der Waals surface area (Å²) in [5.74, 6) is -0.0369. The fourth-order valence-corrected chi connectivity index (χ4v) is 4.55. The molecule has 4 aromatic rings. The van der Waals surface area contributed by atoms with E-state index in [4.69, 9.17) is 0 Å². The second-order valence-corrected chi connectivity index (χ2v) is 9.22. The number of carbonyl (C=O) groups is 2. The molecule has 0 spiro atoms. The number of amides is 2. The number of anilines is 1. The normalized spacial score (nSPS) is 13.7. The molecule has 2 amide bonds. The SMILES string of the molecule is O=C(NC1CCN(c2ncccc2C(=O)NCc2ccccc2)CC1)c1ccc(-c2cccc(F)c2)nc1. The van der Waals surface area contributed by atoms with Gasteiger partial charge in [-0.1, -0.05) is 42.5 Å². The highest BCUT2D eigenvalue weighted by atomic mass is 19.1. The quantitative estimate of drug-likeness (QED) is 0.380. The van der Waals surface area contributed by atoms with Crippen LogP contribution in [0.15, 0.2) is 91.3 Å². The highest BCUT2D eigenvalue weighted by Crippen LogP contribution is 2.23. The highest BCUT2D eigenvalue weighted by Gasteiger charge is 2.25. The van der Waals surface area contributed by atoms with Crippen LogP contribution in [-0.4, -0.2) is 40.9 Å². The number of pyridine rings is 2. The Morgan fingerprint density at radius 3 is 2.45 bits per heavy atom. The second kappa shape index (κ2) is 11.6. The summed E-state index contributed by atoms with van der Waals surface area (Å²) < 4.78 is 13.5. The number of carbonyl (C=O) groups excluding carboxylic acids is 2. The Bertz CT molecular complexity index is 1400. The van der Waals surface area contributed by atoms with Gasteiger partial charge < -0.3 is 15.5 Å². The fraction of sp³-hybridized carbons (Fsp3) is 0.200. The molecule has 0 bridgehead atoms. The molecular formula is C30H28FN5O2. The van der Waals surface area contributed by atoms with Gasteiger partial charge in [0.05, 0.1) is 16.8 Å². The number of aromatic nitrogens is 2. The van der Waals surface area contributed by atoms with Crippen LogP contribution in [0.2, 0.25) is 0 Å². The summed E-state index contributed by atoms with van der Waals surface area (Å²) in [6.45, 7) is 1.77. The molecule has 1 aliphatic rings. The number of nitrogens with zero attached hydrogens (tertiary/aromatic N) is 3. The van der Waals surface area contributed by atoms with E-state index in [1.165, 1.54) is 18.3 Å². The smallest absolute Gasteiger partial charge is 0.255 e. The Hall–Kier alpha value is -4.59. The summed E-state index contributed by atoms with van der Waals surface area (Å²) in [6, 6.07) is 22.9. The van der Waals surface area contributed by atoms with Crippen LogP contribution in [0.25, 0.3) is 11.3 Å². The average Bonchev–Trinajstić information content (AvgIpc) is 2.97. The van der Waals surface area contributed by atoms with Gasteiger partial charge in [0.2, 0.25) is 0 Å². The summed E-state index contributed by atoms with van der Waals surface area (Å²) in [5, 5.41) is 6.06. The molecule has 1 fully saturated rings. The lowest BCUT2D eigenvalue weighted by molar-refractivity contribution is 0.0929. The number of rotatable bonds is 7. The van der Waals surface area contributed by atoms with Gasteiger partial charge in [-0.25, -0.2) is 9.37 Å². The van der Waals surface area contributed by atoms with Crippen LogP contribution >= 0.6 is 0 Å². The third kappa shape index (κ3) is 6.03. The highest BCUT2D eigenvalue weighted by molar-refractivity contribution is 5.99. The van der Waals surface area contributed by atoms with E-state index >= 15 is 0 Å². The summed E-state index contributed by atoms with van der Waals surface area (Å²) in [6.07, 6.45) is 4.65. The maximum absolute atomic E-state index is 13.5. The molecule has 38 heavy (non-hydrogen) atoms. The van der Waals surface area contributed by atoms with Crippen LogP contribution < -0.4 is 15.5 Å². The molecule has 2 N–H and O–H groups in total. The van der Waals surface area contributed by atoms with Crippen LogP contribution in [0.1, 0.15) is 39.1 Å². The first kappa shape index (κ1) is 25.1. The molecule has 2 aromatic heterocycles. The number of benzene rings is 2. The Balaban J connectivity index is 1.16. The number of piperidine rings is 1. The molecule has 2 aromatic carbocycles. The second-order valence-electron chi connectivity index (χ2n) is 9.22. The summed E-state index contributed by atoms with van der Waals surface area (Å²) in [4.78, 5) is 36.7. The Kier molecular flexibility index (Phi) is 7.68. The topological polar surface area (TPSA) is 87.2 Å². The van der Waals surface area contributed by atoms with E-state index < -0.39 is 0 Å². The fourth-order valence-electron chi connectivity index (χ4n) is 4.55. The molecule has 0 saturated carbocycles. The van der Waals surface area contributed by atoms with Crippen LogP contribution in [0, 0.1) is 5.82 Å². The van der Waals surface area contributed by atoms with Crippen molar-refractivity contribution in [2.24, 2.45) is 0 Å². The van der Waals surface area contributed by atoms with Gasteiger partial charge in [0, 0.05) is 43.6 Å². The molecule has 192 valence electrons. The van der Waals surface area contributed by atoms with Crippen molar-refractivity contribution in [1.82, 2.24) is 20.6 Å². The standard InChI is InChI=1S/C30H28FN5O2/c31-24-9-4-8-22(18-24)27-12-11-23(20-33-27)29(37)35-25-13-16-36(17-14-25)28-26(10-5-15-32-28)30(38)34-19-21-6-2-1-3-7-21/h1-12,15,18,20,25H,13-14,16-17,19H2,(H,34,38)(H,35,37). The van der Waals surface area contributed by atoms with Gasteiger partial charge in [-0.2, -0.15) is 0 Å². The molecule has 0 atom stereocenters. The third-order valence-electron chi connectivity index (χ3n) is 6.60. The van der Waals surface area contributed by atoms with Crippen LogP contribution in [0.3, 0.4) is 0 Å². The minimum Gasteiger partial charge on any atom is -0.356 e. The molecular weight excluding hydrogens is 481 g/mol. The Morgan fingerprint density at radius 2 is 1.71 bits per heavy atom. The van der Waals surface area contributed by atoms with Crippen molar-refractivity contribution in [2.75, 3.05) is 18.0 Å². The van der Waals surface area contributed by atoms with Gasteiger partial charge in [-0.05, 0) is 54.8 Å². The average molecular weight is 510 g/mol. The van der Waals surface area contributed by atoms with E-state index in [9.17, 15) is 14.0 Å². The van der Waals surface area contributed by atoms with Crippen LogP contribution in [0.5, 0.6) is 0 Å². The van der Waals surface area contributed by atoms with Gasteiger partial charge in [0.1, 0.15) is 11.6 Å². The zero-order chi connectivity index (χ0) is 26.3. The van der Waals surface area contributed by atoms with E-state index in [1.54, 1.807) is 42.6 Å². The molecule has 1 saturated heterocycles. The van der Waals surface area contributed by atoms with Crippen molar-refractivity contribution in [1.29, 1.82) is 0 Å². The predicted molar refractivity (Wildman–Crippen MR) is 144 cm³/mol. The molecule has 7 nitrogen and oxygen atoms in total. The molecule has 5 rings (SSSR count). The first-order chi connectivity index (χ1) is 18.6. The van der Waals surface area contributed by atoms with Crippen molar-refractivity contribution in [3.63, 3.8) is 0 Å². The first-order valence-electron chi connectivity index (χ1n) is 12.6. The zero-order valence-corrected chi connectivity index (χ0v) is 20.8. The van der Waals surface area contributed by atoms with E-state index in [2.05, 4.69) is 25.5 Å². The molecule has 3 heterocycles. The molecule has 8 heteroatoms. The molecule has 1 aliphatic heterocycles. The van der Waals surface area contributed by atoms with Gasteiger partial charge >= 0.3 is 0 Å². The molecule has 0 unspecified atom stereocenters. The number of hydrogen-bond donors (Lipinski definition) is 2. The van der Waals surface area contributed by atoms with Gasteiger partial charge in [0.15, 0.2) is 0 Å². The monoisotopic (exact) mass is 509 g/mol. The third-order valence-corrected chi connectivity index (χ3v) is 6.60. The van der Waals surface area contributed by atoms with E-state index in [0.717, 1.165) is 18.4 Å².